The Bertz CT molecular complexity index is 194. The number of amides is 1. The lowest BCUT2D eigenvalue weighted by Gasteiger charge is -2.04. The molecule has 0 aliphatic heterocycles. The third-order valence-electron chi connectivity index (χ3n) is 1.79. The van der Waals surface area contributed by atoms with E-state index >= 15 is 0 Å². The summed E-state index contributed by atoms with van der Waals surface area (Å²) in [4.78, 5) is 21.2. The lowest BCUT2D eigenvalue weighted by Crippen LogP contribution is -2.29. The number of hydrogen-bond acceptors (Lipinski definition) is 3. The fourth-order valence-corrected chi connectivity index (χ4v) is 0.979. The maximum absolute atomic E-state index is 11.0. The van der Waals surface area contributed by atoms with Crippen LogP contribution in [-0.4, -0.2) is 36.7 Å². The number of ether oxygens (including phenoxy) is 1. The molecule has 5 nitrogen and oxygen atoms in total. The Balaban J connectivity index is 3.22. The number of nitrogens with one attached hydrogen (secondary N) is 1. The van der Waals surface area contributed by atoms with Gasteiger partial charge in [-0.25, -0.2) is 0 Å². The van der Waals surface area contributed by atoms with Crippen molar-refractivity contribution in [3.8, 4) is 0 Å². The van der Waals surface area contributed by atoms with Crippen molar-refractivity contribution >= 4 is 11.9 Å². The van der Waals surface area contributed by atoms with Gasteiger partial charge in [0.05, 0.1) is 6.42 Å². The van der Waals surface area contributed by atoms with Crippen LogP contribution in [0.5, 0.6) is 0 Å². The summed E-state index contributed by atoms with van der Waals surface area (Å²) in [6.07, 6.45) is 3.12. The number of carboxylic acid groups (broad SMARTS) is 1. The van der Waals surface area contributed by atoms with Gasteiger partial charge >= 0.3 is 5.97 Å². The van der Waals surface area contributed by atoms with Crippen LogP contribution in [0, 0.1) is 0 Å². The normalized spacial score (nSPS) is 9.93. The minimum absolute atomic E-state index is 0.0172. The van der Waals surface area contributed by atoms with Crippen molar-refractivity contribution in [1.82, 2.24) is 5.32 Å². The summed E-state index contributed by atoms with van der Waals surface area (Å²) in [5.74, 6) is -1.17. The van der Waals surface area contributed by atoms with Crippen LogP contribution in [0.15, 0.2) is 0 Å². The Morgan fingerprint density at radius 2 is 2.07 bits per heavy atom. The summed E-state index contributed by atoms with van der Waals surface area (Å²) in [6.45, 7) is 2.86. The molecule has 0 saturated heterocycles. The van der Waals surface area contributed by atoms with E-state index < -0.39 is 5.97 Å². The summed E-state index contributed by atoms with van der Waals surface area (Å²) in [7, 11) is 0. The molecule has 0 fully saturated rings. The van der Waals surface area contributed by atoms with Crippen molar-refractivity contribution in [1.29, 1.82) is 0 Å². The number of aliphatic carboxylic acids is 1. The first-order valence-electron chi connectivity index (χ1n) is 5.23. The van der Waals surface area contributed by atoms with Crippen LogP contribution < -0.4 is 5.32 Å². The molecule has 0 aliphatic carbocycles. The number of carboxylic acids is 1. The minimum atomic E-state index is -0.917. The van der Waals surface area contributed by atoms with Crippen molar-refractivity contribution in [2.75, 3.05) is 19.8 Å². The molecule has 88 valence electrons. The highest BCUT2D eigenvalue weighted by molar-refractivity contribution is 5.77. The first-order chi connectivity index (χ1) is 7.16. The topological polar surface area (TPSA) is 75.6 Å². The first-order valence-corrected chi connectivity index (χ1v) is 5.23. The van der Waals surface area contributed by atoms with Crippen LogP contribution in [0.4, 0.5) is 0 Å². The van der Waals surface area contributed by atoms with Gasteiger partial charge in [-0.05, 0) is 6.42 Å². The predicted octanol–water partition coefficient (Wildman–Crippen LogP) is 0.784. The van der Waals surface area contributed by atoms with E-state index in [-0.39, 0.29) is 25.5 Å². The van der Waals surface area contributed by atoms with E-state index in [1.165, 1.54) is 0 Å². The smallest absolute Gasteiger partial charge is 0.305 e. The van der Waals surface area contributed by atoms with Crippen LogP contribution in [-0.2, 0) is 14.3 Å². The lowest BCUT2D eigenvalue weighted by molar-refractivity contribution is -0.137. The molecule has 0 unspecified atom stereocenters. The van der Waals surface area contributed by atoms with Crippen molar-refractivity contribution in [3.05, 3.63) is 0 Å². The van der Waals surface area contributed by atoms with E-state index in [4.69, 9.17) is 9.84 Å². The molecular weight excluding hydrogens is 198 g/mol. The fourth-order valence-electron chi connectivity index (χ4n) is 0.979. The predicted molar refractivity (Wildman–Crippen MR) is 55.6 cm³/mol. The molecule has 15 heavy (non-hydrogen) atoms. The van der Waals surface area contributed by atoms with Crippen LogP contribution in [0.2, 0.25) is 0 Å². The molecule has 1 amide bonds. The Hall–Kier alpha value is -1.10. The summed E-state index contributed by atoms with van der Waals surface area (Å²) in [5.41, 5.74) is 0. The molecule has 0 bridgehead atoms. The first kappa shape index (κ1) is 13.9. The van der Waals surface area contributed by atoms with Gasteiger partial charge < -0.3 is 15.2 Å². The Morgan fingerprint density at radius 3 is 2.67 bits per heavy atom. The van der Waals surface area contributed by atoms with Crippen molar-refractivity contribution in [2.45, 2.75) is 32.6 Å². The largest absolute Gasteiger partial charge is 0.481 e. The maximum atomic E-state index is 11.0. The van der Waals surface area contributed by atoms with Crippen LogP contribution in [0.1, 0.15) is 32.6 Å². The van der Waals surface area contributed by atoms with Gasteiger partial charge in [-0.3, -0.25) is 9.59 Å². The van der Waals surface area contributed by atoms with Gasteiger partial charge in [0.15, 0.2) is 0 Å². The molecule has 0 aromatic heterocycles. The highest BCUT2D eigenvalue weighted by atomic mass is 16.5. The highest BCUT2D eigenvalue weighted by Gasteiger charge is 2.02. The average molecular weight is 217 g/mol. The molecule has 0 spiro atoms. The van der Waals surface area contributed by atoms with Gasteiger partial charge in [0, 0.05) is 13.2 Å². The van der Waals surface area contributed by atoms with Crippen LogP contribution >= 0.6 is 0 Å². The van der Waals surface area contributed by atoms with Gasteiger partial charge in [-0.1, -0.05) is 19.8 Å². The maximum Gasteiger partial charge on any atom is 0.305 e. The summed E-state index contributed by atoms with van der Waals surface area (Å²) >= 11 is 0. The van der Waals surface area contributed by atoms with Gasteiger partial charge in [0.25, 0.3) is 0 Å². The van der Waals surface area contributed by atoms with Gasteiger partial charge in [0.2, 0.25) is 5.91 Å². The number of carbonyl (C=O) groups excluding carboxylic acids is 1. The number of rotatable bonds is 9. The molecule has 0 aliphatic rings. The number of hydrogen-bond donors (Lipinski definition) is 2. The molecule has 0 rings (SSSR count). The molecule has 0 aromatic carbocycles. The van der Waals surface area contributed by atoms with Crippen molar-refractivity contribution in [3.63, 3.8) is 0 Å². The minimum Gasteiger partial charge on any atom is -0.481 e. The van der Waals surface area contributed by atoms with Gasteiger partial charge in [0.1, 0.15) is 6.61 Å². The van der Waals surface area contributed by atoms with E-state index in [0.29, 0.717) is 6.61 Å². The van der Waals surface area contributed by atoms with Crippen LogP contribution in [0.3, 0.4) is 0 Å². The second kappa shape index (κ2) is 9.45. The SMILES string of the molecule is CCCCCOCC(=O)NCCC(=O)O. The Morgan fingerprint density at radius 1 is 1.33 bits per heavy atom. The zero-order valence-electron chi connectivity index (χ0n) is 9.12. The van der Waals surface area contributed by atoms with Crippen molar-refractivity contribution < 1.29 is 19.4 Å². The van der Waals surface area contributed by atoms with E-state index in [1.807, 2.05) is 0 Å². The Kier molecular flexibility index (Phi) is 8.76. The average Bonchev–Trinajstić information content (AvgIpc) is 2.17. The van der Waals surface area contributed by atoms with E-state index in [0.717, 1.165) is 19.3 Å². The Labute approximate surface area is 89.8 Å². The number of unbranched alkanes of at least 4 members (excludes halogenated alkanes) is 2. The summed E-state index contributed by atoms with van der Waals surface area (Å²) in [6, 6.07) is 0. The molecule has 2 N–H and O–H groups in total. The molecular formula is C10H19NO4. The zero-order valence-corrected chi connectivity index (χ0v) is 9.12. The van der Waals surface area contributed by atoms with E-state index in [1.54, 1.807) is 0 Å². The molecule has 5 heteroatoms. The zero-order chi connectivity index (χ0) is 11.5. The summed E-state index contributed by atoms with van der Waals surface area (Å²) < 4.78 is 5.10. The third kappa shape index (κ3) is 10.8. The molecule has 0 heterocycles. The second-order valence-corrected chi connectivity index (χ2v) is 3.25. The van der Waals surface area contributed by atoms with Gasteiger partial charge in [-0.2, -0.15) is 0 Å². The van der Waals surface area contributed by atoms with E-state index in [9.17, 15) is 9.59 Å². The third-order valence-corrected chi connectivity index (χ3v) is 1.79. The highest BCUT2D eigenvalue weighted by Crippen LogP contribution is 1.93. The standard InChI is InChI=1S/C10H19NO4/c1-2-3-4-7-15-8-9(12)11-6-5-10(13)14/h2-8H2,1H3,(H,11,12)(H,13,14). The summed E-state index contributed by atoms with van der Waals surface area (Å²) in [5, 5.41) is 10.8. The second-order valence-electron chi connectivity index (χ2n) is 3.25. The van der Waals surface area contributed by atoms with E-state index in [2.05, 4.69) is 12.2 Å². The molecule has 0 atom stereocenters. The van der Waals surface area contributed by atoms with Crippen molar-refractivity contribution in [2.24, 2.45) is 0 Å². The molecule has 0 saturated carbocycles. The lowest BCUT2D eigenvalue weighted by atomic mass is 10.3. The molecule has 0 radical (unpaired) electrons. The quantitative estimate of drug-likeness (QED) is 0.560. The van der Waals surface area contributed by atoms with Crippen LogP contribution in [0.25, 0.3) is 0 Å². The molecule has 0 aromatic rings. The number of carbonyl (C=O) groups is 2. The van der Waals surface area contributed by atoms with Gasteiger partial charge in [-0.15, -0.1) is 0 Å². The fraction of sp³-hybridized carbons (Fsp3) is 0.800. The monoisotopic (exact) mass is 217 g/mol.